The molecular formula is C20H23N5OS. The number of aromatic nitrogens is 3. The number of hydrogen-bond donors (Lipinski definition) is 2. The van der Waals surface area contributed by atoms with E-state index in [4.69, 9.17) is 0 Å². The van der Waals surface area contributed by atoms with Crippen molar-refractivity contribution in [2.24, 2.45) is 7.05 Å². The molecular weight excluding hydrogens is 358 g/mol. The predicted molar refractivity (Wildman–Crippen MR) is 110 cm³/mol. The van der Waals surface area contributed by atoms with Crippen molar-refractivity contribution < 1.29 is 4.79 Å². The van der Waals surface area contributed by atoms with Crippen LogP contribution in [-0.2, 0) is 18.4 Å². The van der Waals surface area contributed by atoms with Crippen LogP contribution < -0.4 is 10.6 Å². The highest BCUT2D eigenvalue weighted by atomic mass is 32.2. The molecule has 140 valence electrons. The molecule has 0 aliphatic carbocycles. The fourth-order valence-electron chi connectivity index (χ4n) is 2.53. The van der Waals surface area contributed by atoms with Gasteiger partial charge in [0.1, 0.15) is 0 Å². The van der Waals surface area contributed by atoms with Gasteiger partial charge in [0.15, 0.2) is 11.0 Å². The van der Waals surface area contributed by atoms with Crippen LogP contribution >= 0.6 is 11.8 Å². The summed E-state index contributed by atoms with van der Waals surface area (Å²) in [6, 6.07) is 15.9. The van der Waals surface area contributed by atoms with Gasteiger partial charge in [0.05, 0.1) is 12.3 Å². The first-order chi connectivity index (χ1) is 13.0. The molecule has 7 heteroatoms. The lowest BCUT2D eigenvalue weighted by molar-refractivity contribution is -0.113. The van der Waals surface area contributed by atoms with Crippen molar-refractivity contribution in [3.63, 3.8) is 0 Å². The lowest BCUT2D eigenvalue weighted by atomic mass is 10.2. The minimum Gasteiger partial charge on any atom is -0.378 e. The average Bonchev–Trinajstić information content (AvgIpc) is 2.99. The van der Waals surface area contributed by atoms with Gasteiger partial charge in [-0.05, 0) is 43.7 Å². The highest BCUT2D eigenvalue weighted by Gasteiger charge is 2.11. The van der Waals surface area contributed by atoms with Gasteiger partial charge in [0, 0.05) is 18.4 Å². The Morgan fingerprint density at radius 3 is 2.56 bits per heavy atom. The molecule has 1 heterocycles. The van der Waals surface area contributed by atoms with E-state index in [0.717, 1.165) is 27.9 Å². The highest BCUT2D eigenvalue weighted by Crippen LogP contribution is 2.18. The lowest BCUT2D eigenvalue weighted by Gasteiger charge is -2.08. The maximum Gasteiger partial charge on any atom is 0.234 e. The summed E-state index contributed by atoms with van der Waals surface area (Å²) in [5.74, 6) is 1.04. The third-order valence-corrected chi connectivity index (χ3v) is 5.08. The molecule has 0 spiro atoms. The first-order valence-corrected chi connectivity index (χ1v) is 9.68. The first kappa shape index (κ1) is 19.0. The Balaban J connectivity index is 1.52. The number of amides is 1. The van der Waals surface area contributed by atoms with Crippen LogP contribution in [0.5, 0.6) is 0 Å². The molecule has 0 bridgehead atoms. The van der Waals surface area contributed by atoms with Gasteiger partial charge in [0.2, 0.25) is 5.91 Å². The molecule has 0 aliphatic rings. The van der Waals surface area contributed by atoms with Crippen molar-refractivity contribution in [2.45, 2.75) is 25.5 Å². The van der Waals surface area contributed by atoms with Crippen molar-refractivity contribution in [1.29, 1.82) is 0 Å². The molecule has 0 fully saturated rings. The summed E-state index contributed by atoms with van der Waals surface area (Å²) in [6.45, 7) is 4.63. The number of nitrogens with one attached hydrogen (secondary N) is 2. The number of rotatable bonds is 7. The Bertz CT molecular complexity index is 920. The SMILES string of the molecule is Cc1ccc(NCc2nnc(SCC(=O)Nc3cccc(C)c3)n2C)cc1. The predicted octanol–water partition coefficient (Wildman–Crippen LogP) is 3.77. The Hall–Kier alpha value is -2.80. The summed E-state index contributed by atoms with van der Waals surface area (Å²) in [7, 11) is 1.91. The molecule has 0 aliphatic heterocycles. The zero-order chi connectivity index (χ0) is 19.2. The molecule has 2 N–H and O–H groups in total. The van der Waals surface area contributed by atoms with Crippen LogP contribution in [0.4, 0.5) is 11.4 Å². The van der Waals surface area contributed by atoms with Crippen LogP contribution in [0.25, 0.3) is 0 Å². The van der Waals surface area contributed by atoms with E-state index in [1.165, 1.54) is 17.3 Å². The van der Waals surface area contributed by atoms with Crippen LogP contribution in [0.15, 0.2) is 53.7 Å². The number of hydrogen-bond acceptors (Lipinski definition) is 5. The van der Waals surface area contributed by atoms with Gasteiger partial charge >= 0.3 is 0 Å². The molecule has 0 unspecified atom stereocenters. The fraction of sp³-hybridized carbons (Fsp3) is 0.250. The summed E-state index contributed by atoms with van der Waals surface area (Å²) in [4.78, 5) is 12.2. The minimum atomic E-state index is -0.0621. The molecule has 2 aromatic carbocycles. The van der Waals surface area contributed by atoms with Crippen LogP contribution in [0.3, 0.4) is 0 Å². The zero-order valence-electron chi connectivity index (χ0n) is 15.7. The second kappa shape index (κ2) is 8.73. The van der Waals surface area contributed by atoms with Gasteiger partial charge in [-0.3, -0.25) is 4.79 Å². The third kappa shape index (κ3) is 5.34. The quantitative estimate of drug-likeness (QED) is 0.610. The Labute approximate surface area is 163 Å². The molecule has 6 nitrogen and oxygen atoms in total. The third-order valence-electron chi connectivity index (χ3n) is 4.06. The number of anilines is 2. The van der Waals surface area contributed by atoms with Gasteiger partial charge in [-0.1, -0.05) is 41.6 Å². The van der Waals surface area contributed by atoms with Crippen molar-refractivity contribution in [3.8, 4) is 0 Å². The Kier molecular flexibility index (Phi) is 6.13. The summed E-state index contributed by atoms with van der Waals surface area (Å²) in [6.07, 6.45) is 0. The molecule has 1 amide bonds. The number of aryl methyl sites for hydroxylation is 2. The first-order valence-electron chi connectivity index (χ1n) is 8.69. The summed E-state index contributed by atoms with van der Waals surface area (Å²) in [5.41, 5.74) is 4.18. The molecule has 3 aromatic rings. The van der Waals surface area contributed by atoms with Crippen LogP contribution in [0.1, 0.15) is 17.0 Å². The molecule has 27 heavy (non-hydrogen) atoms. The smallest absolute Gasteiger partial charge is 0.234 e. The Morgan fingerprint density at radius 2 is 1.81 bits per heavy atom. The standard InChI is InChI=1S/C20H23N5OS/c1-14-7-9-16(10-8-14)21-12-18-23-24-20(25(18)3)27-13-19(26)22-17-6-4-5-15(2)11-17/h4-11,21H,12-13H2,1-3H3,(H,22,26). The van der Waals surface area contributed by atoms with E-state index in [1.807, 2.05) is 54.9 Å². The lowest BCUT2D eigenvalue weighted by Crippen LogP contribution is -2.14. The second-order valence-electron chi connectivity index (χ2n) is 6.38. The van der Waals surface area contributed by atoms with Crippen molar-refractivity contribution >= 4 is 29.0 Å². The zero-order valence-corrected chi connectivity index (χ0v) is 16.5. The van der Waals surface area contributed by atoms with E-state index in [2.05, 4.69) is 39.9 Å². The van der Waals surface area contributed by atoms with E-state index in [-0.39, 0.29) is 11.7 Å². The summed E-state index contributed by atoms with van der Waals surface area (Å²) >= 11 is 1.37. The Morgan fingerprint density at radius 1 is 1.04 bits per heavy atom. The molecule has 1 aromatic heterocycles. The van der Waals surface area contributed by atoms with E-state index in [1.54, 1.807) is 0 Å². The summed E-state index contributed by atoms with van der Waals surface area (Å²) in [5, 5.41) is 15.4. The number of carbonyl (C=O) groups excluding carboxylic acids is 1. The van der Waals surface area contributed by atoms with E-state index >= 15 is 0 Å². The van der Waals surface area contributed by atoms with E-state index < -0.39 is 0 Å². The normalized spacial score (nSPS) is 10.6. The molecule has 0 atom stereocenters. The number of thioether (sulfide) groups is 1. The van der Waals surface area contributed by atoms with Gasteiger partial charge in [-0.25, -0.2) is 0 Å². The largest absolute Gasteiger partial charge is 0.378 e. The number of carbonyl (C=O) groups is 1. The molecule has 3 rings (SSSR count). The number of benzene rings is 2. The van der Waals surface area contributed by atoms with E-state index in [0.29, 0.717) is 6.54 Å². The van der Waals surface area contributed by atoms with Gasteiger partial charge in [-0.15, -0.1) is 10.2 Å². The minimum absolute atomic E-state index is 0.0621. The average molecular weight is 382 g/mol. The van der Waals surface area contributed by atoms with Crippen molar-refractivity contribution in [2.75, 3.05) is 16.4 Å². The van der Waals surface area contributed by atoms with Gasteiger partial charge < -0.3 is 15.2 Å². The molecule has 0 radical (unpaired) electrons. The van der Waals surface area contributed by atoms with Crippen molar-refractivity contribution in [1.82, 2.24) is 14.8 Å². The highest BCUT2D eigenvalue weighted by molar-refractivity contribution is 7.99. The fourth-order valence-corrected chi connectivity index (χ4v) is 3.26. The topological polar surface area (TPSA) is 71.8 Å². The van der Waals surface area contributed by atoms with Crippen molar-refractivity contribution in [3.05, 3.63) is 65.5 Å². The number of nitrogens with zero attached hydrogens (tertiary/aromatic N) is 3. The maximum absolute atomic E-state index is 12.2. The van der Waals surface area contributed by atoms with Gasteiger partial charge in [0.25, 0.3) is 0 Å². The van der Waals surface area contributed by atoms with Gasteiger partial charge in [-0.2, -0.15) is 0 Å². The summed E-state index contributed by atoms with van der Waals surface area (Å²) < 4.78 is 1.91. The molecule has 0 saturated heterocycles. The van der Waals surface area contributed by atoms with Crippen LogP contribution in [0, 0.1) is 13.8 Å². The van der Waals surface area contributed by atoms with Crippen LogP contribution in [-0.4, -0.2) is 26.4 Å². The maximum atomic E-state index is 12.2. The monoisotopic (exact) mass is 381 g/mol. The molecule has 0 saturated carbocycles. The second-order valence-corrected chi connectivity index (χ2v) is 7.33. The van der Waals surface area contributed by atoms with Crippen LogP contribution in [0.2, 0.25) is 0 Å². The van der Waals surface area contributed by atoms with E-state index in [9.17, 15) is 4.79 Å².